The molecule has 3 atom stereocenters. The van der Waals surface area contributed by atoms with Crippen LogP contribution in [0.4, 0.5) is 11.4 Å². The SMILES string of the molecule is NC(=O)c1ccc([N+](=O)[O-])c(NC2CC3CCC2C3)c1. The molecular weight excluding hydrogens is 258 g/mol. The van der Waals surface area contributed by atoms with Crippen LogP contribution in [-0.4, -0.2) is 16.9 Å². The average Bonchev–Trinajstić information content (AvgIpc) is 3.00. The van der Waals surface area contributed by atoms with Gasteiger partial charge < -0.3 is 11.1 Å². The third-order valence-corrected chi connectivity index (χ3v) is 4.56. The second-order valence-corrected chi connectivity index (χ2v) is 5.78. The normalized spacial score (nSPS) is 27.5. The van der Waals surface area contributed by atoms with E-state index in [9.17, 15) is 14.9 Å². The number of nitrogens with one attached hydrogen (secondary N) is 1. The molecule has 2 aliphatic rings. The highest BCUT2D eigenvalue weighted by Crippen LogP contribution is 2.46. The zero-order valence-corrected chi connectivity index (χ0v) is 11.0. The average molecular weight is 275 g/mol. The highest BCUT2D eigenvalue weighted by Gasteiger charge is 2.40. The Morgan fingerprint density at radius 2 is 2.15 bits per heavy atom. The van der Waals surface area contributed by atoms with E-state index in [-0.39, 0.29) is 11.7 Å². The van der Waals surface area contributed by atoms with Gasteiger partial charge in [-0.15, -0.1) is 0 Å². The van der Waals surface area contributed by atoms with Gasteiger partial charge in [-0.1, -0.05) is 6.42 Å². The van der Waals surface area contributed by atoms with Gasteiger partial charge in [-0.25, -0.2) is 0 Å². The lowest BCUT2D eigenvalue weighted by atomic mass is 9.95. The number of benzene rings is 1. The van der Waals surface area contributed by atoms with Gasteiger partial charge in [0, 0.05) is 17.7 Å². The topological polar surface area (TPSA) is 98.3 Å². The number of hydrogen-bond acceptors (Lipinski definition) is 4. The summed E-state index contributed by atoms with van der Waals surface area (Å²) in [5.74, 6) is 0.767. The molecule has 1 amide bonds. The Morgan fingerprint density at radius 3 is 2.70 bits per heavy atom. The lowest BCUT2D eigenvalue weighted by Gasteiger charge is -2.24. The predicted molar refractivity (Wildman–Crippen MR) is 74.5 cm³/mol. The zero-order chi connectivity index (χ0) is 14.3. The van der Waals surface area contributed by atoms with E-state index in [0.717, 1.165) is 12.3 Å². The van der Waals surface area contributed by atoms with E-state index in [1.54, 1.807) is 0 Å². The Labute approximate surface area is 116 Å². The lowest BCUT2D eigenvalue weighted by molar-refractivity contribution is -0.384. The van der Waals surface area contributed by atoms with Crippen LogP contribution in [0.25, 0.3) is 0 Å². The molecule has 1 aromatic carbocycles. The fourth-order valence-corrected chi connectivity index (χ4v) is 3.59. The standard InChI is InChI=1S/C14H17N3O3/c15-14(18)10-3-4-13(17(19)20)12(7-10)16-11-6-8-1-2-9(11)5-8/h3-4,7-9,11,16H,1-2,5-6H2,(H2,15,18). The van der Waals surface area contributed by atoms with Gasteiger partial charge in [-0.3, -0.25) is 14.9 Å². The summed E-state index contributed by atoms with van der Waals surface area (Å²) in [5.41, 5.74) is 5.94. The van der Waals surface area contributed by atoms with Crippen LogP contribution in [0.3, 0.4) is 0 Å². The van der Waals surface area contributed by atoms with Crippen molar-refractivity contribution in [3.8, 4) is 0 Å². The number of amides is 1. The quantitative estimate of drug-likeness (QED) is 0.650. The molecule has 6 nitrogen and oxygen atoms in total. The molecule has 0 heterocycles. The predicted octanol–water partition coefficient (Wildman–Crippen LogP) is 2.29. The Kier molecular flexibility index (Phi) is 3.08. The first-order valence-electron chi connectivity index (χ1n) is 6.89. The largest absolute Gasteiger partial charge is 0.376 e. The summed E-state index contributed by atoms with van der Waals surface area (Å²) in [7, 11) is 0. The molecule has 0 aliphatic heterocycles. The highest BCUT2D eigenvalue weighted by molar-refractivity contribution is 5.94. The van der Waals surface area contributed by atoms with Gasteiger partial charge in [0.1, 0.15) is 5.69 Å². The number of hydrogen-bond donors (Lipinski definition) is 2. The van der Waals surface area contributed by atoms with Gasteiger partial charge in [0.05, 0.1) is 4.92 Å². The van der Waals surface area contributed by atoms with E-state index < -0.39 is 10.8 Å². The third-order valence-electron chi connectivity index (χ3n) is 4.56. The van der Waals surface area contributed by atoms with E-state index in [1.807, 2.05) is 0 Å². The smallest absolute Gasteiger partial charge is 0.292 e. The third kappa shape index (κ3) is 2.21. The van der Waals surface area contributed by atoms with Crippen LogP contribution in [0.5, 0.6) is 0 Å². The van der Waals surface area contributed by atoms with Crippen molar-refractivity contribution in [3.05, 3.63) is 33.9 Å². The van der Waals surface area contributed by atoms with Crippen molar-refractivity contribution in [2.45, 2.75) is 31.7 Å². The van der Waals surface area contributed by atoms with Crippen molar-refractivity contribution in [2.75, 3.05) is 5.32 Å². The van der Waals surface area contributed by atoms with Gasteiger partial charge in [-0.05, 0) is 43.2 Å². The van der Waals surface area contributed by atoms with Gasteiger partial charge in [-0.2, -0.15) is 0 Å². The first-order valence-corrected chi connectivity index (χ1v) is 6.89. The lowest BCUT2D eigenvalue weighted by Crippen LogP contribution is -2.26. The number of anilines is 1. The summed E-state index contributed by atoms with van der Waals surface area (Å²) in [6.45, 7) is 0. The molecule has 0 spiro atoms. The molecule has 0 aromatic heterocycles. The molecule has 3 rings (SSSR count). The minimum atomic E-state index is -0.573. The van der Waals surface area contributed by atoms with Crippen molar-refractivity contribution in [1.29, 1.82) is 0 Å². The number of nitrogens with two attached hydrogens (primary N) is 1. The Hall–Kier alpha value is -2.11. The Bertz CT molecular complexity index is 573. The number of nitro groups is 1. The van der Waals surface area contributed by atoms with Gasteiger partial charge >= 0.3 is 0 Å². The number of nitrogens with zero attached hydrogens (tertiary/aromatic N) is 1. The van der Waals surface area contributed by atoms with E-state index >= 15 is 0 Å². The number of carbonyl (C=O) groups is 1. The van der Waals surface area contributed by atoms with Crippen molar-refractivity contribution < 1.29 is 9.72 Å². The number of nitro benzene ring substituents is 1. The summed E-state index contributed by atoms with van der Waals surface area (Å²) >= 11 is 0. The van der Waals surface area contributed by atoms with Crippen LogP contribution in [0, 0.1) is 22.0 Å². The molecule has 1 aromatic rings. The van der Waals surface area contributed by atoms with E-state index in [0.29, 0.717) is 17.2 Å². The second kappa shape index (κ2) is 4.77. The first-order chi connectivity index (χ1) is 9.54. The fourth-order valence-electron chi connectivity index (χ4n) is 3.59. The second-order valence-electron chi connectivity index (χ2n) is 5.78. The van der Waals surface area contributed by atoms with Crippen LogP contribution in [0.1, 0.15) is 36.0 Å². The van der Waals surface area contributed by atoms with Gasteiger partial charge in [0.2, 0.25) is 5.91 Å². The van der Waals surface area contributed by atoms with Crippen LogP contribution in [0.2, 0.25) is 0 Å². The van der Waals surface area contributed by atoms with Crippen LogP contribution in [-0.2, 0) is 0 Å². The van der Waals surface area contributed by atoms with Crippen LogP contribution in [0.15, 0.2) is 18.2 Å². The number of rotatable bonds is 4. The minimum absolute atomic E-state index is 0.00206. The molecule has 3 N–H and O–H groups in total. The molecule has 2 aliphatic carbocycles. The van der Waals surface area contributed by atoms with E-state index in [1.165, 1.54) is 37.5 Å². The van der Waals surface area contributed by atoms with Crippen LogP contribution < -0.4 is 11.1 Å². The molecule has 106 valence electrons. The van der Waals surface area contributed by atoms with Crippen LogP contribution >= 0.6 is 0 Å². The fraction of sp³-hybridized carbons (Fsp3) is 0.500. The maximum Gasteiger partial charge on any atom is 0.292 e. The highest BCUT2D eigenvalue weighted by atomic mass is 16.6. The number of carbonyl (C=O) groups excluding carboxylic acids is 1. The maximum atomic E-state index is 11.2. The molecular formula is C14H17N3O3. The summed E-state index contributed by atoms with van der Waals surface area (Å²) < 4.78 is 0. The van der Waals surface area contributed by atoms with Crippen molar-refractivity contribution in [2.24, 2.45) is 17.6 Å². The molecule has 3 unspecified atom stereocenters. The van der Waals surface area contributed by atoms with Crippen molar-refractivity contribution >= 4 is 17.3 Å². The molecule has 0 radical (unpaired) electrons. The summed E-state index contributed by atoms with van der Waals surface area (Å²) in [6.07, 6.45) is 4.72. The summed E-state index contributed by atoms with van der Waals surface area (Å²) in [6, 6.07) is 4.50. The van der Waals surface area contributed by atoms with E-state index in [4.69, 9.17) is 5.73 Å². The molecule has 2 bridgehead atoms. The van der Waals surface area contributed by atoms with E-state index in [2.05, 4.69) is 5.32 Å². The number of fused-ring (bicyclic) bond motifs is 2. The summed E-state index contributed by atoms with van der Waals surface area (Å²) in [4.78, 5) is 21.9. The molecule has 0 saturated heterocycles. The molecule has 20 heavy (non-hydrogen) atoms. The monoisotopic (exact) mass is 275 g/mol. The summed E-state index contributed by atoms with van der Waals surface area (Å²) in [5, 5.41) is 14.4. The van der Waals surface area contributed by atoms with Crippen molar-refractivity contribution in [1.82, 2.24) is 0 Å². The zero-order valence-electron chi connectivity index (χ0n) is 11.0. The number of primary amides is 1. The Morgan fingerprint density at radius 1 is 1.35 bits per heavy atom. The van der Waals surface area contributed by atoms with Gasteiger partial charge in [0.15, 0.2) is 0 Å². The maximum absolute atomic E-state index is 11.2. The van der Waals surface area contributed by atoms with Crippen molar-refractivity contribution in [3.63, 3.8) is 0 Å². The molecule has 2 saturated carbocycles. The first kappa shape index (κ1) is 12.9. The molecule has 2 fully saturated rings. The Balaban J connectivity index is 1.88. The minimum Gasteiger partial charge on any atom is -0.376 e. The molecule has 6 heteroatoms. The van der Waals surface area contributed by atoms with Gasteiger partial charge in [0.25, 0.3) is 5.69 Å².